The van der Waals surface area contributed by atoms with Crippen LogP contribution in [0.5, 0.6) is 0 Å². The Kier molecular flexibility index (Phi) is 4.24. The van der Waals surface area contributed by atoms with E-state index in [1.165, 1.54) is 12.0 Å². The zero-order chi connectivity index (χ0) is 13.0. The minimum Gasteiger partial charge on any atom is -0.385 e. The topological polar surface area (TPSA) is 32.3 Å². The smallest absolute Gasteiger partial charge is 0.255 e. The van der Waals surface area contributed by atoms with Crippen LogP contribution in [-0.4, -0.2) is 30.4 Å². The molecule has 1 N–H and O–H groups in total. The Bertz CT molecular complexity index is 423. The highest BCUT2D eigenvalue weighted by Crippen LogP contribution is 2.21. The van der Waals surface area contributed by atoms with Gasteiger partial charge in [-0.25, -0.2) is 0 Å². The van der Waals surface area contributed by atoms with Crippen molar-refractivity contribution in [3.05, 3.63) is 29.3 Å². The molecule has 1 aromatic rings. The highest BCUT2D eigenvalue weighted by molar-refractivity contribution is 5.99. The first kappa shape index (κ1) is 12.9. The fourth-order valence-electron chi connectivity index (χ4n) is 2.45. The Morgan fingerprint density at radius 3 is 2.67 bits per heavy atom. The summed E-state index contributed by atoms with van der Waals surface area (Å²) in [5.41, 5.74) is 2.96. The van der Waals surface area contributed by atoms with Gasteiger partial charge in [-0.05, 0) is 50.8 Å². The predicted molar refractivity (Wildman–Crippen MR) is 75.1 cm³/mol. The third-order valence-electron chi connectivity index (χ3n) is 3.42. The van der Waals surface area contributed by atoms with Crippen molar-refractivity contribution in [1.29, 1.82) is 0 Å². The van der Waals surface area contributed by atoms with Crippen LogP contribution in [-0.2, 0) is 0 Å². The fourth-order valence-corrected chi connectivity index (χ4v) is 2.45. The fraction of sp³-hybridized carbons (Fsp3) is 0.533. The van der Waals surface area contributed by atoms with Crippen molar-refractivity contribution in [2.45, 2.75) is 33.1 Å². The summed E-state index contributed by atoms with van der Waals surface area (Å²) in [6.07, 6.45) is 3.51. The van der Waals surface area contributed by atoms with E-state index in [0.717, 1.165) is 43.7 Å². The van der Waals surface area contributed by atoms with Crippen molar-refractivity contribution in [3.8, 4) is 0 Å². The molecule has 1 aliphatic heterocycles. The van der Waals surface area contributed by atoms with E-state index in [9.17, 15) is 4.79 Å². The number of hydrogen-bond acceptors (Lipinski definition) is 2. The SMILES string of the molecule is CCNc1cc(C)ccc1C(=O)N1CCCCC1. The molecule has 0 aliphatic carbocycles. The first-order valence-electron chi connectivity index (χ1n) is 6.86. The van der Waals surface area contributed by atoms with Crippen LogP contribution < -0.4 is 5.32 Å². The first-order chi connectivity index (χ1) is 8.72. The molecule has 0 radical (unpaired) electrons. The van der Waals surface area contributed by atoms with Crippen molar-refractivity contribution in [2.75, 3.05) is 25.0 Å². The van der Waals surface area contributed by atoms with Gasteiger partial charge in [0.05, 0.1) is 5.56 Å². The quantitative estimate of drug-likeness (QED) is 0.889. The summed E-state index contributed by atoms with van der Waals surface area (Å²) in [4.78, 5) is 14.5. The number of amides is 1. The number of carbonyl (C=O) groups is 1. The van der Waals surface area contributed by atoms with Gasteiger partial charge in [0.25, 0.3) is 5.91 Å². The third-order valence-corrected chi connectivity index (χ3v) is 3.42. The number of aryl methyl sites for hydroxylation is 1. The molecule has 0 saturated carbocycles. The molecule has 0 aromatic heterocycles. The number of carbonyl (C=O) groups excluding carboxylic acids is 1. The Morgan fingerprint density at radius 2 is 2.00 bits per heavy atom. The number of anilines is 1. The third kappa shape index (κ3) is 2.84. The molecule has 98 valence electrons. The van der Waals surface area contributed by atoms with E-state index < -0.39 is 0 Å². The van der Waals surface area contributed by atoms with Crippen molar-refractivity contribution in [3.63, 3.8) is 0 Å². The van der Waals surface area contributed by atoms with Gasteiger partial charge in [-0.2, -0.15) is 0 Å². The average molecular weight is 246 g/mol. The minimum atomic E-state index is 0.172. The van der Waals surface area contributed by atoms with E-state index in [2.05, 4.69) is 25.2 Å². The molecule has 1 saturated heterocycles. The Hall–Kier alpha value is -1.51. The van der Waals surface area contributed by atoms with E-state index in [-0.39, 0.29) is 5.91 Å². The van der Waals surface area contributed by atoms with Crippen molar-refractivity contribution >= 4 is 11.6 Å². The number of rotatable bonds is 3. The van der Waals surface area contributed by atoms with Crippen molar-refractivity contribution < 1.29 is 4.79 Å². The highest BCUT2D eigenvalue weighted by Gasteiger charge is 2.20. The van der Waals surface area contributed by atoms with Gasteiger partial charge in [-0.3, -0.25) is 4.79 Å². The molecule has 0 unspecified atom stereocenters. The first-order valence-corrected chi connectivity index (χ1v) is 6.86. The van der Waals surface area contributed by atoms with Crippen LogP contribution in [0.2, 0.25) is 0 Å². The molecule has 18 heavy (non-hydrogen) atoms. The molecule has 3 heteroatoms. The summed E-state index contributed by atoms with van der Waals surface area (Å²) in [5.74, 6) is 0.172. The van der Waals surface area contributed by atoms with Gasteiger partial charge in [0.1, 0.15) is 0 Å². The molecule has 1 aliphatic rings. The molecular weight excluding hydrogens is 224 g/mol. The maximum atomic E-state index is 12.5. The van der Waals surface area contributed by atoms with Crippen LogP contribution in [0.3, 0.4) is 0 Å². The maximum Gasteiger partial charge on any atom is 0.255 e. The normalized spacial score (nSPS) is 15.6. The van der Waals surface area contributed by atoms with Gasteiger partial charge in [0, 0.05) is 25.3 Å². The van der Waals surface area contributed by atoms with Crippen LogP contribution in [0, 0.1) is 6.92 Å². The molecule has 3 nitrogen and oxygen atoms in total. The Labute approximate surface area is 109 Å². The second-order valence-electron chi connectivity index (χ2n) is 4.93. The largest absolute Gasteiger partial charge is 0.385 e. The monoisotopic (exact) mass is 246 g/mol. The molecule has 1 fully saturated rings. The number of nitrogens with zero attached hydrogens (tertiary/aromatic N) is 1. The number of likely N-dealkylation sites (tertiary alicyclic amines) is 1. The van der Waals surface area contributed by atoms with Gasteiger partial charge < -0.3 is 10.2 Å². The number of benzene rings is 1. The lowest BCUT2D eigenvalue weighted by Gasteiger charge is -2.27. The van der Waals surface area contributed by atoms with Crippen LogP contribution in [0.15, 0.2) is 18.2 Å². The maximum absolute atomic E-state index is 12.5. The second-order valence-corrected chi connectivity index (χ2v) is 4.93. The molecule has 2 rings (SSSR count). The zero-order valence-corrected chi connectivity index (χ0v) is 11.3. The predicted octanol–water partition coefficient (Wildman–Crippen LogP) is 3.05. The van der Waals surface area contributed by atoms with Gasteiger partial charge in [-0.15, -0.1) is 0 Å². The lowest BCUT2D eigenvalue weighted by atomic mass is 10.1. The Balaban J connectivity index is 2.22. The highest BCUT2D eigenvalue weighted by atomic mass is 16.2. The summed E-state index contributed by atoms with van der Waals surface area (Å²) in [6, 6.07) is 6.02. The van der Waals surface area contributed by atoms with E-state index >= 15 is 0 Å². The summed E-state index contributed by atoms with van der Waals surface area (Å²) in [5, 5.41) is 3.29. The second kappa shape index (κ2) is 5.89. The molecule has 1 aromatic carbocycles. The van der Waals surface area contributed by atoms with Gasteiger partial charge >= 0.3 is 0 Å². The van der Waals surface area contributed by atoms with Gasteiger partial charge in [0.15, 0.2) is 0 Å². The van der Waals surface area contributed by atoms with E-state index in [4.69, 9.17) is 0 Å². The molecule has 1 amide bonds. The number of hydrogen-bond donors (Lipinski definition) is 1. The lowest BCUT2D eigenvalue weighted by Crippen LogP contribution is -2.36. The lowest BCUT2D eigenvalue weighted by molar-refractivity contribution is 0.0725. The van der Waals surface area contributed by atoms with Crippen molar-refractivity contribution in [2.24, 2.45) is 0 Å². The van der Waals surface area contributed by atoms with E-state index in [0.29, 0.717) is 0 Å². The van der Waals surface area contributed by atoms with Gasteiger partial charge in [0.2, 0.25) is 0 Å². The van der Waals surface area contributed by atoms with E-state index in [1.54, 1.807) is 0 Å². The summed E-state index contributed by atoms with van der Waals surface area (Å²) >= 11 is 0. The number of piperidine rings is 1. The molecule has 0 spiro atoms. The average Bonchev–Trinajstić information content (AvgIpc) is 2.40. The zero-order valence-electron chi connectivity index (χ0n) is 11.3. The Morgan fingerprint density at radius 1 is 1.28 bits per heavy atom. The minimum absolute atomic E-state index is 0.172. The molecule has 0 atom stereocenters. The van der Waals surface area contributed by atoms with Crippen LogP contribution in [0.25, 0.3) is 0 Å². The standard InChI is InChI=1S/C15H22N2O/c1-3-16-14-11-12(2)7-8-13(14)15(18)17-9-5-4-6-10-17/h7-8,11,16H,3-6,9-10H2,1-2H3. The van der Waals surface area contributed by atoms with Gasteiger partial charge in [-0.1, -0.05) is 6.07 Å². The van der Waals surface area contributed by atoms with Crippen LogP contribution >= 0.6 is 0 Å². The molecular formula is C15H22N2O. The van der Waals surface area contributed by atoms with Crippen molar-refractivity contribution in [1.82, 2.24) is 4.90 Å². The molecule has 1 heterocycles. The van der Waals surface area contributed by atoms with Crippen LogP contribution in [0.1, 0.15) is 42.1 Å². The summed E-state index contributed by atoms with van der Waals surface area (Å²) in [7, 11) is 0. The summed E-state index contributed by atoms with van der Waals surface area (Å²) < 4.78 is 0. The number of nitrogens with one attached hydrogen (secondary N) is 1. The summed E-state index contributed by atoms with van der Waals surface area (Å²) in [6.45, 7) is 6.74. The molecule has 0 bridgehead atoms. The van der Waals surface area contributed by atoms with Crippen LogP contribution in [0.4, 0.5) is 5.69 Å². The van der Waals surface area contributed by atoms with E-state index in [1.807, 2.05) is 17.0 Å².